The van der Waals surface area contributed by atoms with E-state index in [1.807, 2.05) is 0 Å². The normalized spacial score (nSPS) is 3.71. The molecule has 0 aliphatic rings. The molecule has 0 saturated carbocycles. The van der Waals surface area contributed by atoms with E-state index in [0.717, 1.165) is 0 Å². The Bertz CT molecular complexity index is 78.8. The van der Waals surface area contributed by atoms with Crippen LogP contribution in [0.25, 0.3) is 0 Å². The van der Waals surface area contributed by atoms with Gasteiger partial charge in [0.2, 0.25) is 0 Å². The second kappa shape index (κ2) is 18.1. The van der Waals surface area contributed by atoms with Crippen LogP contribution in [-0.2, 0) is 14.7 Å². The van der Waals surface area contributed by atoms with Crippen molar-refractivity contribution in [2.75, 3.05) is 0 Å². The van der Waals surface area contributed by atoms with Crippen LogP contribution in [0.15, 0.2) is 0 Å². The van der Waals surface area contributed by atoms with Crippen molar-refractivity contribution in [3.05, 3.63) is 0 Å². The van der Waals surface area contributed by atoms with Gasteiger partial charge in [0.25, 0.3) is 0 Å². The van der Waals surface area contributed by atoms with Crippen LogP contribution in [-0.4, -0.2) is 11.0 Å². The van der Waals surface area contributed by atoms with Gasteiger partial charge in [-0.2, -0.15) is 0 Å². The molecule has 0 aromatic carbocycles. The van der Waals surface area contributed by atoms with E-state index in [1.165, 1.54) is 0 Å². The Kier molecular flexibility index (Phi) is 41.8. The van der Waals surface area contributed by atoms with Gasteiger partial charge < -0.3 is 11.0 Å². The van der Waals surface area contributed by atoms with Gasteiger partial charge in [-0.1, -0.05) is 0 Å². The Labute approximate surface area is 47.0 Å². The van der Waals surface area contributed by atoms with Crippen molar-refractivity contribution in [1.29, 1.82) is 10.5 Å². The third-order valence-electron chi connectivity index (χ3n) is 0.0745. The molecule has 0 aromatic heterocycles. The summed E-state index contributed by atoms with van der Waals surface area (Å²) in [4.78, 5) is 0. The zero-order valence-electron chi connectivity index (χ0n) is 3.23. The summed E-state index contributed by atoms with van der Waals surface area (Å²) >= 11 is 0.215. The molecule has 0 fully saturated rings. The minimum atomic E-state index is 0. The van der Waals surface area contributed by atoms with E-state index in [4.69, 9.17) is 10.5 Å². The molecule has 4 nitrogen and oxygen atoms in total. The van der Waals surface area contributed by atoms with Crippen molar-refractivity contribution in [2.24, 2.45) is 0 Å². The van der Waals surface area contributed by atoms with Gasteiger partial charge in [-0.3, -0.25) is 0 Å². The summed E-state index contributed by atoms with van der Waals surface area (Å²) in [7, 11) is 0. The molecule has 0 atom stereocenters. The predicted molar refractivity (Wildman–Crippen MR) is 18.5 cm³/mol. The van der Waals surface area contributed by atoms with E-state index in [-0.39, 0.29) is 25.6 Å². The molecule has 0 unspecified atom stereocenters. The second-order valence-corrected chi connectivity index (χ2v) is 0.958. The quantitative estimate of drug-likeness (QED) is 0.410. The fourth-order valence-electron chi connectivity index (χ4n) is 0.0167. The van der Waals surface area contributed by atoms with Crippen LogP contribution in [0.3, 0.4) is 0 Å². The van der Waals surface area contributed by atoms with Gasteiger partial charge in [0.15, 0.2) is 0 Å². The standard InChI is InChI=1S/2CN.Co.2H2O/c2*1-2;;;/h;;;2*1H2. The molecule has 0 amide bonds. The Balaban J connectivity index is -0.0000000800. The van der Waals surface area contributed by atoms with Crippen molar-refractivity contribution < 1.29 is 25.6 Å². The monoisotopic (exact) mass is 147 g/mol. The first-order valence-corrected chi connectivity index (χ1v) is 1.82. The zero-order chi connectivity index (χ0) is 4.12. The summed E-state index contributed by atoms with van der Waals surface area (Å²) in [6.45, 7) is 0. The number of hydrogen-bond donors (Lipinski definition) is 0. The zero-order valence-corrected chi connectivity index (χ0v) is 4.27. The molecule has 0 radical (unpaired) electrons. The summed E-state index contributed by atoms with van der Waals surface area (Å²) in [5, 5.41) is 18.4. The fraction of sp³-hybridized carbons (Fsp3) is 0. The van der Waals surface area contributed by atoms with Crippen LogP contribution in [0.5, 0.6) is 0 Å². The van der Waals surface area contributed by atoms with Gasteiger partial charge in [0.05, 0.1) is 0 Å². The minimum absolute atomic E-state index is 0. The first-order chi connectivity index (χ1) is 2.41. The minimum Gasteiger partial charge on any atom is -0.412 e. The average molecular weight is 147 g/mol. The molecule has 0 aliphatic carbocycles. The first-order valence-electron chi connectivity index (χ1n) is 0.781. The third kappa shape index (κ3) is 31.7. The SMILES string of the molecule is N#[C][Co][C]#N.O.O. The second-order valence-electron chi connectivity index (χ2n) is 0.232. The number of hydrogen-bond acceptors (Lipinski definition) is 2. The van der Waals surface area contributed by atoms with Gasteiger partial charge in [0, 0.05) is 0 Å². The molecule has 43 valence electrons. The van der Waals surface area contributed by atoms with Crippen molar-refractivity contribution in [1.82, 2.24) is 0 Å². The summed E-state index contributed by atoms with van der Waals surface area (Å²) in [6, 6.07) is 0. The van der Waals surface area contributed by atoms with E-state index < -0.39 is 0 Å². The molecule has 4 N–H and O–H groups in total. The summed E-state index contributed by atoms with van der Waals surface area (Å²) < 4.78 is 0. The van der Waals surface area contributed by atoms with E-state index in [0.29, 0.717) is 0 Å². The molecule has 0 aliphatic heterocycles. The van der Waals surface area contributed by atoms with Gasteiger partial charge in [-0.15, -0.1) is 0 Å². The molecule has 0 saturated heterocycles. The van der Waals surface area contributed by atoms with E-state index in [1.54, 1.807) is 10.0 Å². The maximum atomic E-state index is 7.58. The molecule has 0 heterocycles. The largest absolute Gasteiger partial charge is 0.412 e. The third-order valence-corrected chi connectivity index (χ3v) is 0.307. The number of nitriles is 2. The van der Waals surface area contributed by atoms with Crippen molar-refractivity contribution in [3.8, 4) is 10.0 Å². The van der Waals surface area contributed by atoms with Crippen LogP contribution in [0.4, 0.5) is 0 Å². The molecule has 7 heavy (non-hydrogen) atoms. The molecule has 0 spiro atoms. The molecule has 0 aromatic rings. The Morgan fingerprint density at radius 1 is 1.00 bits per heavy atom. The molecule has 0 rings (SSSR count). The Morgan fingerprint density at radius 3 is 1.29 bits per heavy atom. The molecule has 5 heteroatoms. The summed E-state index contributed by atoms with van der Waals surface area (Å²) in [5.74, 6) is 0. The number of nitrogens with zero attached hydrogens (tertiary/aromatic N) is 2. The Hall–Kier alpha value is -0.594. The van der Waals surface area contributed by atoms with Crippen LogP contribution >= 0.6 is 0 Å². The predicted octanol–water partition coefficient (Wildman–Crippen LogP) is -1.62. The van der Waals surface area contributed by atoms with E-state index in [2.05, 4.69) is 0 Å². The van der Waals surface area contributed by atoms with Gasteiger partial charge in [0.1, 0.15) is 0 Å². The average Bonchev–Trinajstić information content (AvgIpc) is 1.41. The Morgan fingerprint density at radius 2 is 1.29 bits per heavy atom. The smallest absolute Gasteiger partial charge is 0.412 e. The molecule has 0 bridgehead atoms. The van der Waals surface area contributed by atoms with Crippen LogP contribution in [0, 0.1) is 20.5 Å². The molecular weight excluding hydrogens is 143 g/mol. The van der Waals surface area contributed by atoms with E-state index in [9.17, 15) is 0 Å². The fourth-order valence-corrected chi connectivity index (χ4v) is 0.0687. The number of rotatable bonds is 0. The van der Waals surface area contributed by atoms with Gasteiger partial charge >= 0.3 is 35.2 Å². The van der Waals surface area contributed by atoms with Crippen LogP contribution in [0.1, 0.15) is 0 Å². The van der Waals surface area contributed by atoms with Crippen LogP contribution in [0.2, 0.25) is 0 Å². The summed E-state index contributed by atoms with van der Waals surface area (Å²) in [6.07, 6.45) is 0. The summed E-state index contributed by atoms with van der Waals surface area (Å²) in [5.41, 5.74) is 0. The van der Waals surface area contributed by atoms with Crippen molar-refractivity contribution in [2.45, 2.75) is 0 Å². The molecular formula is C2H4CoN2O2. The van der Waals surface area contributed by atoms with E-state index >= 15 is 0 Å². The van der Waals surface area contributed by atoms with Crippen LogP contribution < -0.4 is 0 Å². The van der Waals surface area contributed by atoms with Crippen molar-refractivity contribution >= 4 is 0 Å². The maximum absolute atomic E-state index is 7.58. The van der Waals surface area contributed by atoms with Crippen molar-refractivity contribution in [3.63, 3.8) is 0 Å². The maximum Gasteiger partial charge on any atom is -0.412 e. The van der Waals surface area contributed by atoms with Gasteiger partial charge in [-0.25, -0.2) is 0 Å². The van der Waals surface area contributed by atoms with Gasteiger partial charge in [-0.05, 0) is 0 Å². The topological polar surface area (TPSA) is 111 Å². The first kappa shape index (κ1) is 16.1.